The van der Waals surface area contributed by atoms with E-state index >= 15 is 0 Å². The van der Waals surface area contributed by atoms with Crippen molar-refractivity contribution in [2.45, 2.75) is 0 Å². The van der Waals surface area contributed by atoms with E-state index in [4.69, 9.17) is 4.98 Å². The van der Waals surface area contributed by atoms with Crippen LogP contribution in [-0.4, -0.2) is 9.55 Å². The number of nitrogens with zero attached hydrogens (tertiary/aromatic N) is 2. The van der Waals surface area contributed by atoms with Crippen LogP contribution in [-0.2, 0) is 0 Å². The van der Waals surface area contributed by atoms with Gasteiger partial charge in [-0.3, -0.25) is 4.57 Å². The van der Waals surface area contributed by atoms with Crippen molar-refractivity contribution >= 4 is 42.5 Å². The molecule has 8 rings (SSSR count). The smallest absolute Gasteiger partial charge is 0.145 e. The van der Waals surface area contributed by atoms with Gasteiger partial charge in [0.05, 0.1) is 16.7 Å². The highest BCUT2D eigenvalue weighted by atomic mass is 32.1. The average Bonchev–Trinajstić information content (AvgIpc) is 3.60. The zero-order valence-corrected chi connectivity index (χ0v) is 22.8. The third kappa shape index (κ3) is 4.03. The van der Waals surface area contributed by atoms with Crippen molar-refractivity contribution in [3.8, 4) is 39.3 Å². The van der Waals surface area contributed by atoms with Gasteiger partial charge in [-0.25, -0.2) is 9.37 Å². The lowest BCUT2D eigenvalue weighted by Gasteiger charge is -2.15. The third-order valence-corrected chi connectivity index (χ3v) is 8.85. The number of rotatable bonds is 4. The largest absolute Gasteiger partial charge is 0.292 e. The summed E-state index contributed by atoms with van der Waals surface area (Å²) in [5.74, 6) is 0.683. The van der Waals surface area contributed by atoms with Crippen LogP contribution in [0.1, 0.15) is 0 Å². The molecule has 4 heteroatoms. The SMILES string of the molecule is Fc1ccc(-c2ccc3sc4ccc(-c5nc6ccccc6n5-c5ccccc5-c5ccccc5)cc4c3c2)cc1. The molecular formula is C37H23FN2S. The number of hydrogen-bond donors (Lipinski definition) is 0. The van der Waals surface area contributed by atoms with Gasteiger partial charge >= 0.3 is 0 Å². The molecule has 0 radical (unpaired) electrons. The summed E-state index contributed by atoms with van der Waals surface area (Å²) in [7, 11) is 0. The first kappa shape index (κ1) is 23.8. The van der Waals surface area contributed by atoms with E-state index in [1.807, 2.05) is 24.3 Å². The van der Waals surface area contributed by atoms with Crippen molar-refractivity contribution in [2.75, 3.05) is 0 Å². The van der Waals surface area contributed by atoms with Crippen LogP contribution in [0, 0.1) is 5.82 Å². The lowest BCUT2D eigenvalue weighted by Crippen LogP contribution is -2.00. The Bertz CT molecular complexity index is 2210. The van der Waals surface area contributed by atoms with Gasteiger partial charge in [-0.05, 0) is 77.4 Å². The van der Waals surface area contributed by atoms with Gasteiger partial charge in [-0.1, -0.05) is 78.9 Å². The van der Waals surface area contributed by atoms with Crippen LogP contribution < -0.4 is 0 Å². The number of para-hydroxylation sites is 3. The lowest BCUT2D eigenvalue weighted by molar-refractivity contribution is 0.628. The first-order valence-electron chi connectivity index (χ1n) is 13.6. The molecule has 0 N–H and O–H groups in total. The van der Waals surface area contributed by atoms with Gasteiger partial charge in [0.2, 0.25) is 0 Å². The number of hydrogen-bond acceptors (Lipinski definition) is 2. The van der Waals surface area contributed by atoms with E-state index in [2.05, 4.69) is 108 Å². The Morgan fingerprint density at radius 1 is 0.537 bits per heavy atom. The molecule has 2 heterocycles. The van der Waals surface area contributed by atoms with Crippen molar-refractivity contribution in [3.05, 3.63) is 145 Å². The first-order chi connectivity index (χ1) is 20.2. The minimum atomic E-state index is -0.225. The van der Waals surface area contributed by atoms with Crippen LogP contribution in [0.2, 0.25) is 0 Å². The van der Waals surface area contributed by atoms with Crippen molar-refractivity contribution in [2.24, 2.45) is 0 Å². The highest BCUT2D eigenvalue weighted by Crippen LogP contribution is 2.40. The molecule has 0 atom stereocenters. The molecule has 0 saturated carbocycles. The van der Waals surface area contributed by atoms with E-state index < -0.39 is 0 Å². The molecule has 2 aromatic heterocycles. The van der Waals surface area contributed by atoms with E-state index in [0.717, 1.165) is 44.8 Å². The van der Waals surface area contributed by atoms with Crippen LogP contribution in [0.4, 0.5) is 4.39 Å². The Morgan fingerprint density at radius 2 is 1.17 bits per heavy atom. The van der Waals surface area contributed by atoms with Gasteiger partial charge in [-0.15, -0.1) is 11.3 Å². The standard InChI is InChI=1S/C37H23FN2S/c38-28-18-14-24(15-19-28)26-16-20-35-30(22-26)31-23-27(17-21-36(31)41-35)37-39-32-11-5-7-13-34(32)40(37)33-12-6-4-10-29(33)25-8-2-1-3-9-25/h1-23H. The number of halogens is 1. The maximum absolute atomic E-state index is 13.6. The Morgan fingerprint density at radius 3 is 1.98 bits per heavy atom. The fourth-order valence-electron chi connectivity index (χ4n) is 5.73. The van der Waals surface area contributed by atoms with Gasteiger partial charge in [-0.2, -0.15) is 0 Å². The van der Waals surface area contributed by atoms with Gasteiger partial charge in [0.1, 0.15) is 11.6 Å². The first-order valence-corrected chi connectivity index (χ1v) is 14.4. The van der Waals surface area contributed by atoms with Crippen molar-refractivity contribution in [1.29, 1.82) is 0 Å². The minimum Gasteiger partial charge on any atom is -0.292 e. The molecular weight excluding hydrogens is 523 g/mol. The summed E-state index contributed by atoms with van der Waals surface area (Å²) in [5, 5.41) is 2.39. The van der Waals surface area contributed by atoms with Gasteiger partial charge in [0.25, 0.3) is 0 Å². The van der Waals surface area contributed by atoms with Gasteiger partial charge in [0, 0.05) is 31.3 Å². The van der Waals surface area contributed by atoms with Crippen molar-refractivity contribution in [3.63, 3.8) is 0 Å². The second-order valence-corrected chi connectivity index (χ2v) is 11.3. The maximum Gasteiger partial charge on any atom is 0.145 e. The summed E-state index contributed by atoms with van der Waals surface area (Å²) in [6.45, 7) is 0. The Balaban J connectivity index is 1.35. The normalized spacial score (nSPS) is 11.5. The monoisotopic (exact) mass is 546 g/mol. The Labute approximate surface area is 240 Å². The van der Waals surface area contributed by atoms with Crippen LogP contribution in [0.15, 0.2) is 140 Å². The third-order valence-electron chi connectivity index (χ3n) is 7.70. The van der Waals surface area contributed by atoms with E-state index in [-0.39, 0.29) is 5.82 Å². The van der Waals surface area contributed by atoms with Crippen molar-refractivity contribution < 1.29 is 4.39 Å². The molecule has 0 aliphatic carbocycles. The number of benzene rings is 6. The molecule has 194 valence electrons. The molecule has 41 heavy (non-hydrogen) atoms. The predicted octanol–water partition coefficient (Wildman–Crippen LogP) is 10.5. The van der Waals surface area contributed by atoms with E-state index in [0.29, 0.717) is 0 Å². The van der Waals surface area contributed by atoms with Gasteiger partial charge < -0.3 is 0 Å². The van der Waals surface area contributed by atoms with Gasteiger partial charge in [0.15, 0.2) is 0 Å². The molecule has 0 spiro atoms. The summed E-state index contributed by atoms with van der Waals surface area (Å²) in [6, 6.07) is 47.2. The molecule has 0 aliphatic heterocycles. The Hall–Kier alpha value is -5.06. The van der Waals surface area contributed by atoms with Crippen LogP contribution in [0.3, 0.4) is 0 Å². The van der Waals surface area contributed by atoms with Crippen LogP contribution >= 0.6 is 11.3 Å². The fourth-order valence-corrected chi connectivity index (χ4v) is 6.80. The fraction of sp³-hybridized carbons (Fsp3) is 0. The molecule has 0 unspecified atom stereocenters. The summed E-state index contributed by atoms with van der Waals surface area (Å²) in [4.78, 5) is 5.17. The lowest BCUT2D eigenvalue weighted by atomic mass is 10.0. The zero-order valence-electron chi connectivity index (χ0n) is 22.0. The molecule has 2 nitrogen and oxygen atoms in total. The Kier molecular flexibility index (Phi) is 5.54. The van der Waals surface area contributed by atoms with E-state index in [1.54, 1.807) is 11.3 Å². The summed E-state index contributed by atoms with van der Waals surface area (Å²) < 4.78 is 18.3. The van der Waals surface area contributed by atoms with Crippen LogP contribution in [0.5, 0.6) is 0 Å². The molecule has 6 aromatic carbocycles. The summed E-state index contributed by atoms with van der Waals surface area (Å²) in [5.41, 5.74) is 8.58. The number of imidazole rings is 1. The average molecular weight is 547 g/mol. The predicted molar refractivity (Wildman–Crippen MR) is 170 cm³/mol. The quantitative estimate of drug-likeness (QED) is 0.215. The molecule has 0 saturated heterocycles. The molecule has 0 amide bonds. The van der Waals surface area contributed by atoms with E-state index in [9.17, 15) is 4.39 Å². The summed E-state index contributed by atoms with van der Waals surface area (Å²) in [6.07, 6.45) is 0. The topological polar surface area (TPSA) is 17.8 Å². The highest BCUT2D eigenvalue weighted by molar-refractivity contribution is 7.25. The highest BCUT2D eigenvalue weighted by Gasteiger charge is 2.18. The van der Waals surface area contributed by atoms with E-state index in [1.165, 1.54) is 37.9 Å². The molecule has 0 aliphatic rings. The second kappa shape index (κ2) is 9.54. The molecule has 0 fully saturated rings. The number of thiophene rings is 1. The maximum atomic E-state index is 13.6. The van der Waals surface area contributed by atoms with Crippen molar-refractivity contribution in [1.82, 2.24) is 9.55 Å². The minimum absolute atomic E-state index is 0.225. The number of fused-ring (bicyclic) bond motifs is 4. The zero-order chi connectivity index (χ0) is 27.3. The van der Waals surface area contributed by atoms with Crippen LogP contribution in [0.25, 0.3) is 70.5 Å². The number of aromatic nitrogens is 2. The second-order valence-electron chi connectivity index (χ2n) is 10.2. The molecule has 0 bridgehead atoms. The molecule has 8 aromatic rings. The summed E-state index contributed by atoms with van der Waals surface area (Å²) >= 11 is 1.79.